The fourth-order valence-corrected chi connectivity index (χ4v) is 3.52. The molecular formula is C20H26ClN. The fourth-order valence-electron chi connectivity index (χ4n) is 3.52. The molecule has 0 fully saturated rings. The number of fused-ring (bicyclic) bond motifs is 1. The summed E-state index contributed by atoms with van der Waals surface area (Å²) >= 11 is 0. The van der Waals surface area contributed by atoms with E-state index in [1.165, 1.54) is 43.2 Å². The SMILES string of the molecule is CN(C)C(c1ccccc1)c1ccc2c(c1)CCCCC2.Cl. The van der Waals surface area contributed by atoms with Crippen molar-refractivity contribution < 1.29 is 0 Å². The van der Waals surface area contributed by atoms with Gasteiger partial charge in [-0.25, -0.2) is 0 Å². The molecule has 1 unspecified atom stereocenters. The van der Waals surface area contributed by atoms with Crippen molar-refractivity contribution in [2.24, 2.45) is 0 Å². The highest BCUT2D eigenvalue weighted by atomic mass is 35.5. The number of hydrogen-bond donors (Lipinski definition) is 0. The molecule has 0 spiro atoms. The lowest BCUT2D eigenvalue weighted by Gasteiger charge is -2.26. The van der Waals surface area contributed by atoms with Crippen LogP contribution in [0.1, 0.15) is 47.6 Å². The minimum Gasteiger partial charge on any atom is -0.299 e. The minimum absolute atomic E-state index is 0. The van der Waals surface area contributed by atoms with Crippen LogP contribution >= 0.6 is 12.4 Å². The van der Waals surface area contributed by atoms with E-state index in [1.807, 2.05) is 0 Å². The van der Waals surface area contributed by atoms with Gasteiger partial charge in [0.2, 0.25) is 0 Å². The summed E-state index contributed by atoms with van der Waals surface area (Å²) in [6, 6.07) is 18.3. The molecule has 0 N–H and O–H groups in total. The third-order valence-corrected chi connectivity index (χ3v) is 4.57. The van der Waals surface area contributed by atoms with Crippen molar-refractivity contribution in [2.45, 2.75) is 38.1 Å². The van der Waals surface area contributed by atoms with E-state index in [2.05, 4.69) is 67.5 Å². The summed E-state index contributed by atoms with van der Waals surface area (Å²) in [6.45, 7) is 0. The molecular weight excluding hydrogens is 290 g/mol. The summed E-state index contributed by atoms with van der Waals surface area (Å²) in [7, 11) is 4.34. The number of rotatable bonds is 3. The van der Waals surface area contributed by atoms with Crippen LogP contribution in [0.3, 0.4) is 0 Å². The Balaban J connectivity index is 0.00000176. The van der Waals surface area contributed by atoms with Gasteiger partial charge in [0.25, 0.3) is 0 Å². The lowest BCUT2D eigenvalue weighted by molar-refractivity contribution is 0.342. The van der Waals surface area contributed by atoms with E-state index in [0.717, 1.165) is 0 Å². The molecule has 1 aliphatic rings. The van der Waals surface area contributed by atoms with Crippen LogP contribution < -0.4 is 0 Å². The average molecular weight is 316 g/mol. The monoisotopic (exact) mass is 315 g/mol. The maximum atomic E-state index is 2.46. The second kappa shape index (κ2) is 7.80. The Kier molecular flexibility index (Phi) is 6.05. The van der Waals surface area contributed by atoms with Gasteiger partial charge in [0, 0.05) is 0 Å². The van der Waals surface area contributed by atoms with Gasteiger partial charge in [-0.1, -0.05) is 55.0 Å². The summed E-state index contributed by atoms with van der Waals surface area (Å²) in [4.78, 5) is 2.31. The van der Waals surface area contributed by atoms with E-state index in [-0.39, 0.29) is 12.4 Å². The molecule has 0 saturated carbocycles. The molecule has 118 valence electrons. The third kappa shape index (κ3) is 3.71. The topological polar surface area (TPSA) is 3.24 Å². The quantitative estimate of drug-likeness (QED) is 0.718. The zero-order chi connectivity index (χ0) is 14.7. The molecule has 0 heterocycles. The van der Waals surface area contributed by atoms with Crippen molar-refractivity contribution in [3.8, 4) is 0 Å². The van der Waals surface area contributed by atoms with Gasteiger partial charge in [-0.05, 0) is 62.0 Å². The Hall–Kier alpha value is -1.31. The first kappa shape index (κ1) is 17.1. The van der Waals surface area contributed by atoms with Crippen LogP contribution in [0, 0.1) is 0 Å². The van der Waals surface area contributed by atoms with Crippen molar-refractivity contribution in [1.29, 1.82) is 0 Å². The summed E-state index contributed by atoms with van der Waals surface area (Å²) in [5.41, 5.74) is 5.94. The highest BCUT2D eigenvalue weighted by Crippen LogP contribution is 2.30. The van der Waals surface area contributed by atoms with E-state index >= 15 is 0 Å². The van der Waals surface area contributed by atoms with Crippen LogP contribution in [0.25, 0.3) is 0 Å². The molecule has 2 aromatic rings. The highest BCUT2D eigenvalue weighted by Gasteiger charge is 2.18. The first-order valence-corrected chi connectivity index (χ1v) is 8.09. The Labute approximate surface area is 140 Å². The molecule has 0 aliphatic heterocycles. The summed E-state index contributed by atoms with van der Waals surface area (Å²) in [5.74, 6) is 0. The van der Waals surface area contributed by atoms with Gasteiger partial charge in [0.05, 0.1) is 6.04 Å². The predicted molar refractivity (Wildman–Crippen MR) is 96.9 cm³/mol. The Morgan fingerprint density at radius 1 is 0.773 bits per heavy atom. The molecule has 0 aromatic heterocycles. The minimum atomic E-state index is 0. The molecule has 22 heavy (non-hydrogen) atoms. The number of nitrogens with zero attached hydrogens (tertiary/aromatic N) is 1. The van der Waals surface area contributed by atoms with Crippen molar-refractivity contribution in [3.63, 3.8) is 0 Å². The molecule has 3 rings (SSSR count). The summed E-state index contributed by atoms with van der Waals surface area (Å²) in [5, 5.41) is 0. The molecule has 2 heteroatoms. The molecule has 0 bridgehead atoms. The smallest absolute Gasteiger partial charge is 0.0596 e. The van der Waals surface area contributed by atoms with E-state index in [1.54, 1.807) is 11.1 Å². The first-order valence-electron chi connectivity index (χ1n) is 8.09. The Morgan fingerprint density at radius 3 is 2.14 bits per heavy atom. The van der Waals surface area contributed by atoms with Crippen molar-refractivity contribution in [3.05, 3.63) is 70.8 Å². The van der Waals surface area contributed by atoms with E-state index in [0.29, 0.717) is 6.04 Å². The van der Waals surface area contributed by atoms with Gasteiger partial charge in [0.15, 0.2) is 0 Å². The Bertz CT molecular complexity index is 592. The van der Waals surface area contributed by atoms with Gasteiger partial charge in [-0.2, -0.15) is 0 Å². The number of benzene rings is 2. The van der Waals surface area contributed by atoms with E-state index < -0.39 is 0 Å². The molecule has 1 atom stereocenters. The summed E-state index contributed by atoms with van der Waals surface area (Å²) in [6.07, 6.45) is 6.57. The zero-order valence-electron chi connectivity index (χ0n) is 13.6. The lowest BCUT2D eigenvalue weighted by Crippen LogP contribution is -2.21. The predicted octanol–water partition coefficient (Wildman–Crippen LogP) is 5.03. The van der Waals surface area contributed by atoms with Crippen LogP contribution in [0.15, 0.2) is 48.5 Å². The number of hydrogen-bond acceptors (Lipinski definition) is 1. The van der Waals surface area contributed by atoms with Gasteiger partial charge >= 0.3 is 0 Å². The highest BCUT2D eigenvalue weighted by molar-refractivity contribution is 5.85. The van der Waals surface area contributed by atoms with Crippen LogP contribution in [0.5, 0.6) is 0 Å². The van der Waals surface area contributed by atoms with Crippen LogP contribution in [-0.4, -0.2) is 19.0 Å². The maximum Gasteiger partial charge on any atom is 0.0596 e. The van der Waals surface area contributed by atoms with Gasteiger partial charge in [-0.3, -0.25) is 4.90 Å². The van der Waals surface area contributed by atoms with Crippen LogP contribution in [-0.2, 0) is 12.8 Å². The number of aryl methyl sites for hydroxylation is 2. The van der Waals surface area contributed by atoms with E-state index in [9.17, 15) is 0 Å². The molecule has 1 nitrogen and oxygen atoms in total. The van der Waals surface area contributed by atoms with Gasteiger partial charge in [0.1, 0.15) is 0 Å². The first-order chi connectivity index (χ1) is 10.3. The summed E-state index contributed by atoms with van der Waals surface area (Å²) < 4.78 is 0. The lowest BCUT2D eigenvalue weighted by atomic mass is 9.93. The standard InChI is InChI=1S/C20H25N.ClH/c1-21(2)20(17-10-6-4-7-11-17)19-14-13-16-9-5-3-8-12-18(16)15-19;/h4,6-7,10-11,13-15,20H,3,5,8-9,12H2,1-2H3;1H. The molecule has 0 saturated heterocycles. The average Bonchev–Trinajstić information content (AvgIpc) is 2.73. The van der Waals surface area contributed by atoms with E-state index in [4.69, 9.17) is 0 Å². The molecule has 1 aliphatic carbocycles. The normalized spacial score (nSPS) is 15.6. The Morgan fingerprint density at radius 2 is 1.45 bits per heavy atom. The maximum absolute atomic E-state index is 2.46. The van der Waals surface area contributed by atoms with Crippen LogP contribution in [0.4, 0.5) is 0 Å². The number of halogens is 1. The second-order valence-corrected chi connectivity index (χ2v) is 6.37. The van der Waals surface area contributed by atoms with Gasteiger partial charge in [-0.15, -0.1) is 12.4 Å². The third-order valence-electron chi connectivity index (χ3n) is 4.57. The molecule has 0 radical (unpaired) electrons. The molecule has 0 amide bonds. The van der Waals surface area contributed by atoms with Crippen molar-refractivity contribution in [2.75, 3.05) is 14.1 Å². The second-order valence-electron chi connectivity index (χ2n) is 6.37. The van der Waals surface area contributed by atoms with Crippen molar-refractivity contribution >= 4 is 12.4 Å². The fraction of sp³-hybridized carbons (Fsp3) is 0.400. The van der Waals surface area contributed by atoms with Gasteiger partial charge < -0.3 is 0 Å². The largest absolute Gasteiger partial charge is 0.299 e. The molecule has 2 aromatic carbocycles. The zero-order valence-corrected chi connectivity index (χ0v) is 14.4. The van der Waals surface area contributed by atoms with Crippen LogP contribution in [0.2, 0.25) is 0 Å². The van der Waals surface area contributed by atoms with Crippen molar-refractivity contribution in [1.82, 2.24) is 4.90 Å².